The van der Waals surface area contributed by atoms with Crippen molar-refractivity contribution in [3.63, 3.8) is 0 Å². The first-order valence-electron chi connectivity index (χ1n) is 7.37. The predicted octanol–water partition coefficient (Wildman–Crippen LogP) is 4.32. The van der Waals surface area contributed by atoms with Crippen molar-refractivity contribution in [2.45, 2.75) is 13.8 Å². The Morgan fingerprint density at radius 1 is 1.04 bits per heavy atom. The molecule has 0 bridgehead atoms. The Morgan fingerprint density at radius 3 is 2.39 bits per heavy atom. The van der Waals surface area contributed by atoms with E-state index < -0.39 is 0 Å². The van der Waals surface area contributed by atoms with E-state index in [9.17, 15) is 4.79 Å². The summed E-state index contributed by atoms with van der Waals surface area (Å²) in [7, 11) is 0. The highest BCUT2D eigenvalue weighted by Crippen LogP contribution is 2.36. The summed E-state index contributed by atoms with van der Waals surface area (Å²) < 4.78 is 16.7. The fourth-order valence-electron chi connectivity index (χ4n) is 2.00. The van der Waals surface area contributed by atoms with Gasteiger partial charge in [0.2, 0.25) is 0 Å². The van der Waals surface area contributed by atoms with Gasteiger partial charge in [-0.2, -0.15) is 0 Å². The lowest BCUT2D eigenvalue weighted by Crippen LogP contribution is -2.10. The van der Waals surface area contributed by atoms with Crippen LogP contribution in [0.4, 0.5) is 0 Å². The number of ether oxygens (including phenoxy) is 3. The minimum Gasteiger partial charge on any atom is -0.490 e. The second kappa shape index (κ2) is 8.44. The molecule has 0 unspecified atom stereocenters. The number of benzene rings is 2. The van der Waals surface area contributed by atoms with E-state index in [1.807, 2.05) is 38.1 Å². The van der Waals surface area contributed by atoms with E-state index in [0.717, 1.165) is 12.0 Å². The van der Waals surface area contributed by atoms with Gasteiger partial charge >= 0.3 is 0 Å². The van der Waals surface area contributed by atoms with Crippen molar-refractivity contribution in [1.29, 1.82) is 0 Å². The first kappa shape index (κ1) is 17.2. The van der Waals surface area contributed by atoms with Crippen LogP contribution < -0.4 is 14.2 Å². The van der Waals surface area contributed by atoms with Crippen LogP contribution in [-0.2, 0) is 0 Å². The molecule has 5 heteroatoms. The number of carbonyl (C=O) groups excluding carboxylic acids is 1. The number of rotatable bonds is 8. The third kappa shape index (κ3) is 4.89. The molecule has 0 aliphatic carbocycles. The Balaban J connectivity index is 1.96. The number of halogens is 1. The maximum Gasteiger partial charge on any atom is 0.179 e. The van der Waals surface area contributed by atoms with E-state index in [1.54, 1.807) is 12.1 Å². The van der Waals surface area contributed by atoms with E-state index in [1.165, 1.54) is 5.56 Å². The lowest BCUT2D eigenvalue weighted by atomic mass is 10.2. The van der Waals surface area contributed by atoms with Gasteiger partial charge in [-0.1, -0.05) is 29.3 Å². The van der Waals surface area contributed by atoms with Crippen LogP contribution >= 0.6 is 11.6 Å². The van der Waals surface area contributed by atoms with E-state index in [2.05, 4.69) is 0 Å². The van der Waals surface area contributed by atoms with Crippen molar-refractivity contribution >= 4 is 17.9 Å². The quantitative estimate of drug-likeness (QED) is 0.533. The molecule has 0 atom stereocenters. The number of hydrogen-bond acceptors (Lipinski definition) is 4. The van der Waals surface area contributed by atoms with Crippen molar-refractivity contribution in [1.82, 2.24) is 0 Å². The lowest BCUT2D eigenvalue weighted by molar-refractivity contribution is 0.112. The molecule has 23 heavy (non-hydrogen) atoms. The highest BCUT2D eigenvalue weighted by Gasteiger charge is 2.12. The Bertz CT molecular complexity index is 653. The largest absolute Gasteiger partial charge is 0.490 e. The van der Waals surface area contributed by atoms with Crippen LogP contribution in [0.25, 0.3) is 0 Å². The molecule has 2 aromatic rings. The van der Waals surface area contributed by atoms with Crippen LogP contribution in [-0.4, -0.2) is 26.1 Å². The average Bonchev–Trinajstić information content (AvgIpc) is 2.55. The first-order chi connectivity index (χ1) is 11.1. The van der Waals surface area contributed by atoms with Gasteiger partial charge in [-0.25, -0.2) is 0 Å². The van der Waals surface area contributed by atoms with Gasteiger partial charge in [-0.05, 0) is 38.1 Å². The van der Waals surface area contributed by atoms with Gasteiger partial charge in [0.1, 0.15) is 25.2 Å². The van der Waals surface area contributed by atoms with Crippen molar-refractivity contribution in [2.75, 3.05) is 19.8 Å². The normalized spacial score (nSPS) is 10.2. The van der Waals surface area contributed by atoms with Crippen LogP contribution in [0.1, 0.15) is 22.8 Å². The highest BCUT2D eigenvalue weighted by atomic mass is 35.5. The number of carbonyl (C=O) groups is 1. The molecule has 4 nitrogen and oxygen atoms in total. The lowest BCUT2D eigenvalue weighted by Gasteiger charge is -2.14. The van der Waals surface area contributed by atoms with Crippen molar-refractivity contribution in [2.24, 2.45) is 0 Å². The maximum absolute atomic E-state index is 10.9. The Hall–Kier alpha value is -2.20. The van der Waals surface area contributed by atoms with Gasteiger partial charge < -0.3 is 14.2 Å². The minimum absolute atomic E-state index is 0.314. The molecule has 2 aromatic carbocycles. The molecule has 0 radical (unpaired) electrons. The zero-order valence-corrected chi connectivity index (χ0v) is 13.9. The molecule has 0 fully saturated rings. The van der Waals surface area contributed by atoms with Crippen LogP contribution in [0.5, 0.6) is 17.2 Å². The van der Waals surface area contributed by atoms with Gasteiger partial charge in [0.25, 0.3) is 0 Å². The molecule has 0 N–H and O–H groups in total. The molecule has 2 rings (SSSR count). The summed E-state index contributed by atoms with van der Waals surface area (Å²) >= 11 is 6.16. The van der Waals surface area contributed by atoms with Gasteiger partial charge in [0.15, 0.2) is 11.5 Å². The molecule has 0 aromatic heterocycles. The second-order valence-corrected chi connectivity index (χ2v) is 5.30. The predicted molar refractivity (Wildman–Crippen MR) is 90.2 cm³/mol. The maximum atomic E-state index is 10.9. The molecule has 122 valence electrons. The van der Waals surface area contributed by atoms with E-state index in [4.69, 9.17) is 25.8 Å². The van der Waals surface area contributed by atoms with E-state index in [0.29, 0.717) is 41.9 Å². The summed E-state index contributed by atoms with van der Waals surface area (Å²) in [5, 5.41) is 0.341. The Morgan fingerprint density at radius 2 is 1.74 bits per heavy atom. The number of hydrogen-bond donors (Lipinski definition) is 0. The van der Waals surface area contributed by atoms with E-state index >= 15 is 0 Å². The summed E-state index contributed by atoms with van der Waals surface area (Å²) in [6.07, 6.45) is 0.721. The van der Waals surface area contributed by atoms with Gasteiger partial charge in [0.05, 0.1) is 11.6 Å². The van der Waals surface area contributed by atoms with Crippen molar-refractivity contribution in [3.05, 3.63) is 52.5 Å². The Kier molecular flexibility index (Phi) is 6.29. The number of aryl methyl sites for hydroxylation is 1. The summed E-state index contributed by atoms with van der Waals surface area (Å²) in [5.41, 5.74) is 1.62. The van der Waals surface area contributed by atoms with Gasteiger partial charge in [-0.15, -0.1) is 0 Å². The van der Waals surface area contributed by atoms with Crippen LogP contribution in [0, 0.1) is 6.92 Å². The van der Waals surface area contributed by atoms with Crippen molar-refractivity contribution < 1.29 is 19.0 Å². The van der Waals surface area contributed by atoms with Gasteiger partial charge in [-0.3, -0.25) is 4.79 Å². The summed E-state index contributed by atoms with van der Waals surface area (Å²) in [4.78, 5) is 10.9. The molecule has 0 aliphatic heterocycles. The molecule has 0 aliphatic rings. The summed E-state index contributed by atoms with van der Waals surface area (Å²) in [5.74, 6) is 1.66. The zero-order chi connectivity index (χ0) is 16.7. The van der Waals surface area contributed by atoms with Gasteiger partial charge in [0, 0.05) is 5.56 Å². The molecular formula is C18H19ClO4. The highest BCUT2D eigenvalue weighted by molar-refractivity contribution is 6.32. The third-order valence-electron chi connectivity index (χ3n) is 3.09. The first-order valence-corrected chi connectivity index (χ1v) is 7.75. The Labute approximate surface area is 140 Å². The molecule has 0 spiro atoms. The molecule has 0 heterocycles. The zero-order valence-electron chi connectivity index (χ0n) is 13.2. The van der Waals surface area contributed by atoms with Crippen LogP contribution in [0.2, 0.25) is 5.02 Å². The van der Waals surface area contributed by atoms with Crippen molar-refractivity contribution in [3.8, 4) is 17.2 Å². The summed E-state index contributed by atoms with van der Waals surface area (Å²) in [6, 6.07) is 10.9. The van der Waals surface area contributed by atoms with Crippen LogP contribution in [0.15, 0.2) is 36.4 Å². The molecule has 0 saturated heterocycles. The fourth-order valence-corrected chi connectivity index (χ4v) is 2.27. The minimum atomic E-state index is 0.314. The third-order valence-corrected chi connectivity index (χ3v) is 3.37. The topological polar surface area (TPSA) is 44.8 Å². The molecular weight excluding hydrogens is 316 g/mol. The number of aldehydes is 1. The SMILES string of the molecule is CCOc1cc(C=O)cc(Cl)c1OCCOc1ccc(C)cc1. The summed E-state index contributed by atoms with van der Waals surface area (Å²) in [6.45, 7) is 5.02. The smallest absolute Gasteiger partial charge is 0.179 e. The fraction of sp³-hybridized carbons (Fsp3) is 0.278. The standard InChI is InChI=1S/C18H19ClO4/c1-3-21-17-11-14(12-20)10-16(19)18(17)23-9-8-22-15-6-4-13(2)5-7-15/h4-7,10-12H,3,8-9H2,1-2H3. The molecule has 0 amide bonds. The average molecular weight is 335 g/mol. The van der Waals surface area contributed by atoms with E-state index in [-0.39, 0.29) is 0 Å². The monoisotopic (exact) mass is 334 g/mol. The van der Waals surface area contributed by atoms with Crippen LogP contribution in [0.3, 0.4) is 0 Å². The molecule has 0 saturated carbocycles. The second-order valence-electron chi connectivity index (χ2n) is 4.89.